The second-order valence-electron chi connectivity index (χ2n) is 2.93. The minimum absolute atomic E-state index is 0.234. The van der Waals surface area contributed by atoms with E-state index < -0.39 is 0 Å². The van der Waals surface area contributed by atoms with E-state index in [1.54, 1.807) is 11.8 Å². The zero-order valence-corrected chi connectivity index (χ0v) is 8.92. The fraction of sp³-hybridized carbons (Fsp3) is 0.667. The second kappa shape index (κ2) is 5.29. The molecular formula is C9H16N2OS. The first kappa shape index (κ1) is 10.6. The molecule has 13 heavy (non-hydrogen) atoms. The summed E-state index contributed by atoms with van der Waals surface area (Å²) in [6, 6.07) is 0. The lowest BCUT2D eigenvalue weighted by Gasteiger charge is -2.08. The van der Waals surface area contributed by atoms with Gasteiger partial charge in [-0.1, -0.05) is 6.92 Å². The lowest BCUT2D eigenvalue weighted by Crippen LogP contribution is -2.05. The van der Waals surface area contributed by atoms with Crippen LogP contribution in [0.25, 0.3) is 0 Å². The Bertz CT molecular complexity index is 250. The lowest BCUT2D eigenvalue weighted by molar-refractivity contribution is 0.300. The van der Waals surface area contributed by atoms with Gasteiger partial charge in [-0.05, 0) is 6.92 Å². The van der Waals surface area contributed by atoms with Crippen LogP contribution in [0.4, 0.5) is 0 Å². The van der Waals surface area contributed by atoms with Crippen molar-refractivity contribution in [1.82, 2.24) is 9.55 Å². The predicted molar refractivity (Wildman–Crippen MR) is 55.7 cm³/mol. The number of rotatable bonds is 5. The molecule has 0 aliphatic heterocycles. The SMILES string of the molecule is CCn1ccnc1CSC(C)CO. The molecule has 0 aromatic carbocycles. The first-order valence-corrected chi connectivity index (χ1v) is 5.55. The summed E-state index contributed by atoms with van der Waals surface area (Å²) in [5, 5.41) is 9.14. The quantitative estimate of drug-likeness (QED) is 0.783. The molecular weight excluding hydrogens is 184 g/mol. The Morgan fingerprint density at radius 1 is 1.69 bits per heavy atom. The highest BCUT2D eigenvalue weighted by Gasteiger charge is 2.04. The van der Waals surface area contributed by atoms with Gasteiger partial charge in [-0.3, -0.25) is 0 Å². The van der Waals surface area contributed by atoms with Crippen LogP contribution < -0.4 is 0 Å². The molecule has 4 heteroatoms. The second-order valence-corrected chi connectivity index (χ2v) is 4.36. The van der Waals surface area contributed by atoms with Crippen LogP contribution >= 0.6 is 11.8 Å². The van der Waals surface area contributed by atoms with Gasteiger partial charge in [-0.2, -0.15) is 0 Å². The van der Waals surface area contributed by atoms with E-state index in [9.17, 15) is 0 Å². The number of hydrogen-bond donors (Lipinski definition) is 1. The molecule has 1 N–H and O–H groups in total. The van der Waals surface area contributed by atoms with Gasteiger partial charge in [0.05, 0.1) is 12.4 Å². The van der Waals surface area contributed by atoms with Crippen molar-refractivity contribution < 1.29 is 5.11 Å². The molecule has 1 aromatic heterocycles. The Morgan fingerprint density at radius 2 is 2.46 bits per heavy atom. The molecule has 0 amide bonds. The maximum absolute atomic E-state index is 8.84. The van der Waals surface area contributed by atoms with Gasteiger partial charge in [-0.25, -0.2) is 4.98 Å². The van der Waals surface area contributed by atoms with Gasteiger partial charge < -0.3 is 9.67 Å². The van der Waals surface area contributed by atoms with Crippen molar-refractivity contribution in [1.29, 1.82) is 0 Å². The maximum Gasteiger partial charge on any atom is 0.118 e. The van der Waals surface area contributed by atoms with Crippen molar-refractivity contribution in [3.05, 3.63) is 18.2 Å². The van der Waals surface area contributed by atoms with Crippen molar-refractivity contribution in [2.75, 3.05) is 6.61 Å². The number of imidazole rings is 1. The zero-order valence-electron chi connectivity index (χ0n) is 8.10. The first-order valence-electron chi connectivity index (χ1n) is 4.50. The number of aliphatic hydroxyl groups is 1. The van der Waals surface area contributed by atoms with E-state index in [1.807, 2.05) is 19.3 Å². The van der Waals surface area contributed by atoms with Crippen LogP contribution in [0, 0.1) is 0 Å². The largest absolute Gasteiger partial charge is 0.395 e. The van der Waals surface area contributed by atoms with Crippen molar-refractivity contribution >= 4 is 11.8 Å². The Kier molecular flexibility index (Phi) is 4.32. The Morgan fingerprint density at radius 3 is 3.08 bits per heavy atom. The van der Waals surface area contributed by atoms with Gasteiger partial charge in [0, 0.05) is 24.2 Å². The summed E-state index contributed by atoms with van der Waals surface area (Å²) in [5.41, 5.74) is 0. The van der Waals surface area contributed by atoms with E-state index in [0.29, 0.717) is 5.25 Å². The Labute approximate surface area is 83.2 Å². The Hall–Kier alpha value is -0.480. The average molecular weight is 200 g/mol. The molecule has 0 saturated carbocycles. The molecule has 0 aliphatic rings. The number of hydrogen-bond acceptors (Lipinski definition) is 3. The van der Waals surface area contributed by atoms with E-state index >= 15 is 0 Å². The summed E-state index contributed by atoms with van der Waals surface area (Å²) in [5.74, 6) is 1.97. The van der Waals surface area contributed by atoms with Crippen LogP contribution in [0.2, 0.25) is 0 Å². The number of thioether (sulfide) groups is 1. The third-order valence-corrected chi connectivity index (χ3v) is 3.04. The summed E-state index contributed by atoms with van der Waals surface area (Å²) >= 11 is 1.73. The monoisotopic (exact) mass is 200 g/mol. The number of aryl methyl sites for hydroxylation is 1. The molecule has 3 nitrogen and oxygen atoms in total. The van der Waals surface area contributed by atoms with Gasteiger partial charge in [0.15, 0.2) is 0 Å². The van der Waals surface area contributed by atoms with Crippen LogP contribution in [0.15, 0.2) is 12.4 Å². The van der Waals surface area contributed by atoms with Crippen LogP contribution in [0.1, 0.15) is 19.7 Å². The van der Waals surface area contributed by atoms with Gasteiger partial charge in [0.25, 0.3) is 0 Å². The number of aromatic nitrogens is 2. The van der Waals surface area contributed by atoms with Crippen molar-refractivity contribution in [2.45, 2.75) is 31.4 Å². The van der Waals surface area contributed by atoms with Crippen LogP contribution in [0.5, 0.6) is 0 Å². The van der Waals surface area contributed by atoms with Crippen molar-refractivity contribution in [3.8, 4) is 0 Å². The summed E-state index contributed by atoms with van der Waals surface area (Å²) in [4.78, 5) is 4.25. The number of nitrogens with zero attached hydrogens (tertiary/aromatic N) is 2. The molecule has 0 aliphatic carbocycles. The van der Waals surface area contributed by atoms with Gasteiger partial charge in [0.1, 0.15) is 5.82 Å². The summed E-state index contributed by atoms with van der Waals surface area (Å²) in [7, 11) is 0. The van der Waals surface area contributed by atoms with E-state index in [4.69, 9.17) is 5.11 Å². The molecule has 1 rings (SSSR count). The molecule has 0 bridgehead atoms. The normalized spacial score (nSPS) is 13.2. The van der Waals surface area contributed by atoms with Gasteiger partial charge in [-0.15, -0.1) is 11.8 Å². The third kappa shape index (κ3) is 3.04. The average Bonchev–Trinajstić information content (AvgIpc) is 2.61. The van der Waals surface area contributed by atoms with Crippen LogP contribution in [0.3, 0.4) is 0 Å². The van der Waals surface area contributed by atoms with Gasteiger partial charge in [0.2, 0.25) is 0 Å². The van der Waals surface area contributed by atoms with E-state index in [1.165, 1.54) is 0 Å². The van der Waals surface area contributed by atoms with Crippen molar-refractivity contribution in [2.24, 2.45) is 0 Å². The minimum Gasteiger partial charge on any atom is -0.395 e. The first-order chi connectivity index (χ1) is 6.27. The maximum atomic E-state index is 8.84. The van der Waals surface area contributed by atoms with Crippen molar-refractivity contribution in [3.63, 3.8) is 0 Å². The molecule has 74 valence electrons. The lowest BCUT2D eigenvalue weighted by atomic mass is 10.5. The standard InChI is InChI=1S/C9H16N2OS/c1-3-11-5-4-10-9(11)7-13-8(2)6-12/h4-5,8,12H,3,6-7H2,1-2H3. The smallest absolute Gasteiger partial charge is 0.118 e. The third-order valence-electron chi connectivity index (χ3n) is 1.90. The highest BCUT2D eigenvalue weighted by molar-refractivity contribution is 7.99. The molecule has 1 aromatic rings. The summed E-state index contributed by atoms with van der Waals surface area (Å²) < 4.78 is 2.12. The molecule has 1 heterocycles. The molecule has 0 spiro atoms. The van der Waals surface area contributed by atoms with E-state index in [0.717, 1.165) is 18.1 Å². The highest BCUT2D eigenvalue weighted by atomic mass is 32.2. The fourth-order valence-corrected chi connectivity index (χ4v) is 1.82. The van der Waals surface area contributed by atoms with E-state index in [-0.39, 0.29) is 6.61 Å². The molecule has 1 unspecified atom stereocenters. The predicted octanol–water partition coefficient (Wildman–Crippen LogP) is 1.52. The Balaban J connectivity index is 2.44. The van der Waals surface area contributed by atoms with Crippen LogP contribution in [-0.4, -0.2) is 26.5 Å². The molecule has 1 atom stereocenters. The fourth-order valence-electron chi connectivity index (χ4n) is 1.04. The molecule has 0 saturated heterocycles. The summed E-state index contributed by atoms with van der Waals surface area (Å²) in [6.07, 6.45) is 3.81. The highest BCUT2D eigenvalue weighted by Crippen LogP contribution is 2.15. The minimum atomic E-state index is 0.234. The van der Waals surface area contributed by atoms with Crippen LogP contribution in [-0.2, 0) is 12.3 Å². The number of aliphatic hydroxyl groups excluding tert-OH is 1. The molecule has 0 fully saturated rings. The zero-order chi connectivity index (χ0) is 9.68. The van der Waals surface area contributed by atoms with E-state index in [2.05, 4.69) is 16.5 Å². The summed E-state index contributed by atoms with van der Waals surface area (Å²) in [6.45, 7) is 5.32. The molecule has 0 radical (unpaired) electrons. The van der Waals surface area contributed by atoms with Gasteiger partial charge >= 0.3 is 0 Å². The topological polar surface area (TPSA) is 38.0 Å².